The molecule has 4 heteroatoms. The molecule has 0 spiro atoms. The first kappa shape index (κ1) is 11.7. The van der Waals surface area contributed by atoms with Gasteiger partial charge in [0.05, 0.1) is 10.7 Å². The van der Waals surface area contributed by atoms with E-state index in [1.807, 2.05) is 12.1 Å². The summed E-state index contributed by atoms with van der Waals surface area (Å²) in [7, 11) is 0. The van der Waals surface area contributed by atoms with Crippen molar-refractivity contribution >= 4 is 17.4 Å². The topological polar surface area (TPSA) is 37.0 Å². The molecule has 1 aliphatic carbocycles. The van der Waals surface area contributed by atoms with E-state index in [0.717, 1.165) is 23.1 Å². The van der Waals surface area contributed by atoms with Crippen LogP contribution in [0.2, 0.25) is 5.02 Å². The standard InChI is InChI=1S/C12H18ClN3/c1-8(2)15-12-6-5-10(13)11(16-12)7-14-9-3-4-9/h5-6,8-9,14H,3-4,7H2,1-2H3,(H,15,16). The van der Waals surface area contributed by atoms with Crippen molar-refractivity contribution in [2.75, 3.05) is 5.32 Å². The molecule has 0 atom stereocenters. The lowest BCUT2D eigenvalue weighted by Crippen LogP contribution is -2.18. The predicted molar refractivity (Wildman–Crippen MR) is 67.9 cm³/mol. The smallest absolute Gasteiger partial charge is 0.126 e. The van der Waals surface area contributed by atoms with E-state index < -0.39 is 0 Å². The van der Waals surface area contributed by atoms with Crippen LogP contribution in [0.5, 0.6) is 0 Å². The second-order valence-corrected chi connectivity index (χ2v) is 4.99. The molecular formula is C12H18ClN3. The average molecular weight is 240 g/mol. The Labute approximate surface area is 102 Å². The minimum atomic E-state index is 0.387. The third-order valence-corrected chi connectivity index (χ3v) is 2.83. The van der Waals surface area contributed by atoms with Crippen LogP contribution in [0.3, 0.4) is 0 Å². The minimum Gasteiger partial charge on any atom is -0.368 e. The highest BCUT2D eigenvalue weighted by Gasteiger charge is 2.20. The lowest BCUT2D eigenvalue weighted by atomic mass is 10.3. The van der Waals surface area contributed by atoms with E-state index in [2.05, 4.69) is 29.5 Å². The third kappa shape index (κ3) is 3.35. The molecule has 0 bridgehead atoms. The Bertz CT molecular complexity index is 361. The van der Waals surface area contributed by atoms with Gasteiger partial charge in [-0.15, -0.1) is 0 Å². The summed E-state index contributed by atoms with van der Waals surface area (Å²) in [5.74, 6) is 0.895. The summed E-state index contributed by atoms with van der Waals surface area (Å²) in [5.41, 5.74) is 0.930. The van der Waals surface area contributed by atoms with Crippen LogP contribution in [0.25, 0.3) is 0 Å². The van der Waals surface area contributed by atoms with E-state index in [4.69, 9.17) is 11.6 Å². The van der Waals surface area contributed by atoms with Crippen molar-refractivity contribution < 1.29 is 0 Å². The van der Waals surface area contributed by atoms with Gasteiger partial charge >= 0.3 is 0 Å². The van der Waals surface area contributed by atoms with Gasteiger partial charge in [0.2, 0.25) is 0 Å². The molecule has 1 aromatic rings. The zero-order valence-electron chi connectivity index (χ0n) is 9.76. The Kier molecular flexibility index (Phi) is 3.66. The third-order valence-electron chi connectivity index (χ3n) is 2.49. The van der Waals surface area contributed by atoms with E-state index in [-0.39, 0.29) is 0 Å². The van der Waals surface area contributed by atoms with Gasteiger partial charge in [-0.1, -0.05) is 11.6 Å². The molecule has 1 saturated carbocycles. The normalized spacial score (nSPS) is 15.5. The van der Waals surface area contributed by atoms with Crippen molar-refractivity contribution in [2.45, 2.75) is 45.3 Å². The molecule has 1 fully saturated rings. The van der Waals surface area contributed by atoms with E-state index in [1.54, 1.807) is 0 Å². The Balaban J connectivity index is 2.02. The SMILES string of the molecule is CC(C)Nc1ccc(Cl)c(CNC2CC2)n1. The van der Waals surface area contributed by atoms with E-state index in [0.29, 0.717) is 12.1 Å². The average Bonchev–Trinajstić information content (AvgIpc) is 3.02. The first-order valence-electron chi connectivity index (χ1n) is 5.80. The van der Waals surface area contributed by atoms with Crippen LogP contribution in [0.1, 0.15) is 32.4 Å². The van der Waals surface area contributed by atoms with Crippen LogP contribution < -0.4 is 10.6 Å². The summed E-state index contributed by atoms with van der Waals surface area (Å²) < 4.78 is 0. The van der Waals surface area contributed by atoms with E-state index in [9.17, 15) is 0 Å². The highest BCUT2D eigenvalue weighted by molar-refractivity contribution is 6.31. The molecule has 0 radical (unpaired) electrons. The molecule has 0 unspecified atom stereocenters. The Morgan fingerprint density at radius 1 is 1.44 bits per heavy atom. The highest BCUT2D eigenvalue weighted by atomic mass is 35.5. The Morgan fingerprint density at radius 3 is 2.81 bits per heavy atom. The van der Waals surface area contributed by atoms with Crippen molar-refractivity contribution in [1.29, 1.82) is 0 Å². The van der Waals surface area contributed by atoms with E-state index >= 15 is 0 Å². The maximum atomic E-state index is 6.11. The summed E-state index contributed by atoms with van der Waals surface area (Å²) in [4.78, 5) is 4.51. The van der Waals surface area contributed by atoms with Gasteiger partial charge in [0, 0.05) is 18.6 Å². The summed E-state index contributed by atoms with van der Waals surface area (Å²) >= 11 is 6.11. The van der Waals surface area contributed by atoms with Gasteiger partial charge in [-0.25, -0.2) is 4.98 Å². The fourth-order valence-electron chi connectivity index (χ4n) is 1.51. The molecule has 3 nitrogen and oxygen atoms in total. The van der Waals surface area contributed by atoms with Gasteiger partial charge in [-0.05, 0) is 38.8 Å². The van der Waals surface area contributed by atoms with Crippen LogP contribution in [-0.2, 0) is 6.54 Å². The molecule has 1 aliphatic rings. The van der Waals surface area contributed by atoms with Gasteiger partial charge in [0.25, 0.3) is 0 Å². The number of halogens is 1. The maximum absolute atomic E-state index is 6.11. The molecule has 1 heterocycles. The molecular weight excluding hydrogens is 222 g/mol. The fraction of sp³-hybridized carbons (Fsp3) is 0.583. The molecule has 0 amide bonds. The molecule has 88 valence electrons. The van der Waals surface area contributed by atoms with Gasteiger partial charge in [0.1, 0.15) is 5.82 Å². The van der Waals surface area contributed by atoms with Crippen molar-refractivity contribution in [3.63, 3.8) is 0 Å². The first-order chi connectivity index (χ1) is 7.65. The minimum absolute atomic E-state index is 0.387. The van der Waals surface area contributed by atoms with Crippen LogP contribution >= 0.6 is 11.6 Å². The molecule has 2 N–H and O–H groups in total. The number of nitrogens with zero attached hydrogens (tertiary/aromatic N) is 1. The lowest BCUT2D eigenvalue weighted by Gasteiger charge is -2.11. The highest BCUT2D eigenvalue weighted by Crippen LogP contribution is 2.21. The second-order valence-electron chi connectivity index (χ2n) is 4.58. The molecule has 16 heavy (non-hydrogen) atoms. The number of aromatic nitrogens is 1. The van der Waals surface area contributed by atoms with Gasteiger partial charge in [-0.2, -0.15) is 0 Å². The van der Waals surface area contributed by atoms with Gasteiger partial charge < -0.3 is 10.6 Å². The quantitative estimate of drug-likeness (QED) is 0.830. The zero-order valence-corrected chi connectivity index (χ0v) is 10.5. The second kappa shape index (κ2) is 5.02. The number of rotatable bonds is 5. The van der Waals surface area contributed by atoms with Crippen molar-refractivity contribution in [3.05, 3.63) is 22.8 Å². The lowest BCUT2D eigenvalue weighted by molar-refractivity contribution is 0.674. The Hall–Kier alpha value is -0.800. The van der Waals surface area contributed by atoms with E-state index in [1.165, 1.54) is 12.8 Å². The maximum Gasteiger partial charge on any atom is 0.126 e. The van der Waals surface area contributed by atoms with Gasteiger partial charge in [0.15, 0.2) is 0 Å². The number of anilines is 1. The van der Waals surface area contributed by atoms with Crippen molar-refractivity contribution in [3.8, 4) is 0 Å². The number of nitrogens with one attached hydrogen (secondary N) is 2. The summed E-state index contributed by atoms with van der Waals surface area (Å²) in [5, 5.41) is 7.44. The number of pyridine rings is 1. The molecule has 2 rings (SSSR count). The molecule has 1 aromatic heterocycles. The summed E-state index contributed by atoms with van der Waals surface area (Å²) in [6.07, 6.45) is 2.56. The summed E-state index contributed by atoms with van der Waals surface area (Å²) in [6.45, 7) is 4.95. The van der Waals surface area contributed by atoms with Crippen molar-refractivity contribution in [2.24, 2.45) is 0 Å². The number of hydrogen-bond donors (Lipinski definition) is 2. The van der Waals surface area contributed by atoms with Crippen molar-refractivity contribution in [1.82, 2.24) is 10.3 Å². The van der Waals surface area contributed by atoms with Crippen LogP contribution in [0.4, 0.5) is 5.82 Å². The monoisotopic (exact) mass is 239 g/mol. The van der Waals surface area contributed by atoms with Crippen LogP contribution in [0, 0.1) is 0 Å². The molecule has 0 saturated heterocycles. The number of hydrogen-bond acceptors (Lipinski definition) is 3. The fourth-order valence-corrected chi connectivity index (χ4v) is 1.69. The van der Waals surface area contributed by atoms with Crippen LogP contribution in [-0.4, -0.2) is 17.1 Å². The predicted octanol–water partition coefficient (Wildman–Crippen LogP) is 2.81. The molecule has 0 aromatic carbocycles. The summed E-state index contributed by atoms with van der Waals surface area (Å²) in [6, 6.07) is 4.89. The first-order valence-corrected chi connectivity index (χ1v) is 6.18. The molecule has 0 aliphatic heterocycles. The Morgan fingerprint density at radius 2 is 2.19 bits per heavy atom. The van der Waals surface area contributed by atoms with Gasteiger partial charge in [-0.3, -0.25) is 0 Å². The van der Waals surface area contributed by atoms with Crippen LogP contribution in [0.15, 0.2) is 12.1 Å². The largest absolute Gasteiger partial charge is 0.368 e. The zero-order chi connectivity index (χ0) is 11.5.